The second-order valence-corrected chi connectivity index (χ2v) is 7.09. The van der Waals surface area contributed by atoms with Crippen molar-refractivity contribution < 1.29 is 15.8 Å². The number of carbonyl (C=O) groups excluding carboxylic acids is 2. The molecule has 0 bridgehead atoms. The van der Waals surface area contributed by atoms with E-state index in [-0.39, 0.29) is 19.6 Å². The second-order valence-electron chi connectivity index (χ2n) is 7.09. The zero-order chi connectivity index (χ0) is 19.7. The molecule has 0 atom stereocenters. The first-order valence-corrected chi connectivity index (χ1v) is 9.29. The van der Waals surface area contributed by atoms with Crippen LogP contribution in [-0.4, -0.2) is 53.1 Å². The van der Waals surface area contributed by atoms with Crippen LogP contribution in [0.4, 0.5) is 11.6 Å². The Bertz CT molecular complexity index is 932. The maximum Gasteiger partial charge on any atom is 0.267 e. The summed E-state index contributed by atoms with van der Waals surface area (Å²) in [5.41, 5.74) is 7.63. The van der Waals surface area contributed by atoms with Crippen molar-refractivity contribution in [2.24, 2.45) is 11.7 Å². The highest BCUT2D eigenvalue weighted by Gasteiger charge is 2.30. The van der Waals surface area contributed by atoms with Crippen LogP contribution in [0.15, 0.2) is 18.5 Å². The minimum Gasteiger partial charge on any atom is -0.381 e. The minimum atomic E-state index is -0.580. The minimum absolute atomic E-state index is 0. The number of hydrogen-bond donors (Lipinski definition) is 2. The van der Waals surface area contributed by atoms with E-state index in [1.807, 2.05) is 6.92 Å². The SMILES string of the molecule is Cc1cc(C(N)=O)ncc1-c1cnc2c(n1)N(CC1CCOCC1)C(=O)CN2.[HH]. The fourth-order valence-electron chi connectivity index (χ4n) is 3.53. The standard InChI is InChI=1S/C19H22N6O3.H2/c1-11-6-14(17(20)27)21-7-13(11)15-8-22-18-19(24-15)25(16(26)9-23-18)10-12-2-4-28-5-3-12;/h6-8,12H,2-5,9-10H2,1H3,(H2,20,27)(H,22,23);1H. The molecule has 0 spiro atoms. The van der Waals surface area contributed by atoms with Crippen molar-refractivity contribution in [3.05, 3.63) is 29.7 Å². The van der Waals surface area contributed by atoms with Crippen LogP contribution >= 0.6 is 0 Å². The molecule has 1 fully saturated rings. The highest BCUT2D eigenvalue weighted by molar-refractivity contribution is 6.01. The summed E-state index contributed by atoms with van der Waals surface area (Å²) in [6, 6.07) is 1.63. The van der Waals surface area contributed by atoms with Gasteiger partial charge in [-0.05, 0) is 37.3 Å². The summed E-state index contributed by atoms with van der Waals surface area (Å²) in [7, 11) is 0. The van der Waals surface area contributed by atoms with Crippen LogP contribution in [0.25, 0.3) is 11.3 Å². The molecule has 0 saturated carbocycles. The summed E-state index contributed by atoms with van der Waals surface area (Å²) in [6.45, 7) is 4.11. The zero-order valence-electron chi connectivity index (χ0n) is 15.6. The third-order valence-corrected chi connectivity index (χ3v) is 5.14. The lowest BCUT2D eigenvalue weighted by atomic mass is 9.99. The average Bonchev–Trinajstić information content (AvgIpc) is 2.70. The zero-order valence-corrected chi connectivity index (χ0v) is 15.6. The maximum atomic E-state index is 12.6. The van der Waals surface area contributed by atoms with Gasteiger partial charge >= 0.3 is 0 Å². The molecule has 0 radical (unpaired) electrons. The van der Waals surface area contributed by atoms with Crippen LogP contribution in [0.2, 0.25) is 0 Å². The lowest BCUT2D eigenvalue weighted by Crippen LogP contribution is -2.44. The molecular formula is C19H24N6O3. The van der Waals surface area contributed by atoms with Crippen molar-refractivity contribution >= 4 is 23.5 Å². The van der Waals surface area contributed by atoms with Crippen LogP contribution in [-0.2, 0) is 9.53 Å². The first-order chi connectivity index (χ1) is 13.5. The number of aryl methyl sites for hydroxylation is 1. The molecule has 0 aromatic carbocycles. The lowest BCUT2D eigenvalue weighted by Gasteiger charge is -2.33. The number of ether oxygens (including phenoxy) is 1. The molecule has 9 heteroatoms. The number of hydrogen-bond acceptors (Lipinski definition) is 7. The molecule has 148 valence electrons. The van der Waals surface area contributed by atoms with Crippen molar-refractivity contribution in [2.45, 2.75) is 19.8 Å². The molecule has 0 unspecified atom stereocenters. The number of nitrogens with two attached hydrogens (primary N) is 1. The monoisotopic (exact) mass is 384 g/mol. The largest absolute Gasteiger partial charge is 0.381 e. The molecule has 3 N–H and O–H groups in total. The number of rotatable bonds is 4. The van der Waals surface area contributed by atoms with Gasteiger partial charge in [-0.15, -0.1) is 0 Å². The fraction of sp³-hybridized carbons (Fsp3) is 0.421. The molecule has 0 aliphatic carbocycles. The van der Waals surface area contributed by atoms with Gasteiger partial charge in [0.15, 0.2) is 11.6 Å². The van der Waals surface area contributed by atoms with Gasteiger partial charge in [-0.25, -0.2) is 9.97 Å². The Balaban J connectivity index is 0.00000240. The van der Waals surface area contributed by atoms with Gasteiger partial charge in [-0.1, -0.05) is 0 Å². The fourth-order valence-corrected chi connectivity index (χ4v) is 3.53. The number of fused-ring (bicyclic) bond motifs is 1. The number of carbonyl (C=O) groups is 2. The van der Waals surface area contributed by atoms with Crippen LogP contribution in [0.5, 0.6) is 0 Å². The van der Waals surface area contributed by atoms with E-state index in [4.69, 9.17) is 15.5 Å². The normalized spacial score (nSPS) is 17.2. The molecule has 1 saturated heterocycles. The molecule has 9 nitrogen and oxygen atoms in total. The predicted molar refractivity (Wildman–Crippen MR) is 105 cm³/mol. The highest BCUT2D eigenvalue weighted by Crippen LogP contribution is 2.31. The third kappa shape index (κ3) is 3.53. The molecule has 4 rings (SSSR count). The lowest BCUT2D eigenvalue weighted by molar-refractivity contribution is -0.117. The van der Waals surface area contributed by atoms with Crippen LogP contribution in [0, 0.1) is 12.8 Å². The number of pyridine rings is 1. The van der Waals surface area contributed by atoms with E-state index >= 15 is 0 Å². The van der Waals surface area contributed by atoms with Gasteiger partial charge in [-0.3, -0.25) is 19.5 Å². The number of primary amides is 1. The van der Waals surface area contributed by atoms with Crippen molar-refractivity contribution in [2.75, 3.05) is 36.5 Å². The Morgan fingerprint density at radius 1 is 1.36 bits per heavy atom. The predicted octanol–water partition coefficient (Wildman–Crippen LogP) is 1.38. The van der Waals surface area contributed by atoms with Gasteiger partial charge in [0.05, 0.1) is 18.4 Å². The van der Waals surface area contributed by atoms with E-state index in [1.165, 1.54) is 0 Å². The Morgan fingerprint density at radius 3 is 2.86 bits per heavy atom. The second kappa shape index (κ2) is 7.51. The molecule has 4 heterocycles. The Labute approximate surface area is 163 Å². The molecule has 2 aromatic heterocycles. The molecule has 2 aliphatic rings. The molecule has 2 aliphatic heterocycles. The molecule has 2 amide bonds. The van der Waals surface area contributed by atoms with E-state index < -0.39 is 5.91 Å². The van der Waals surface area contributed by atoms with Gasteiger partial charge in [0.1, 0.15) is 5.69 Å². The van der Waals surface area contributed by atoms with Crippen molar-refractivity contribution in [3.8, 4) is 11.3 Å². The summed E-state index contributed by atoms with van der Waals surface area (Å²) in [5.74, 6) is 0.897. The van der Waals surface area contributed by atoms with Gasteiger partial charge < -0.3 is 15.8 Å². The van der Waals surface area contributed by atoms with Gasteiger partial charge in [0.2, 0.25) is 5.91 Å². The Hall–Kier alpha value is -3.07. The number of nitrogens with one attached hydrogen (secondary N) is 1. The Kier molecular flexibility index (Phi) is 4.91. The summed E-state index contributed by atoms with van der Waals surface area (Å²) < 4.78 is 5.42. The third-order valence-electron chi connectivity index (χ3n) is 5.14. The van der Waals surface area contributed by atoms with Gasteiger partial charge in [-0.2, -0.15) is 0 Å². The van der Waals surface area contributed by atoms with E-state index in [9.17, 15) is 9.59 Å². The topological polar surface area (TPSA) is 123 Å². The van der Waals surface area contributed by atoms with Crippen LogP contribution in [0.1, 0.15) is 30.3 Å². The number of nitrogens with zero attached hydrogens (tertiary/aromatic N) is 4. The first kappa shape index (κ1) is 18.3. The summed E-state index contributed by atoms with van der Waals surface area (Å²) >= 11 is 0. The summed E-state index contributed by atoms with van der Waals surface area (Å²) in [6.07, 6.45) is 5.06. The average molecular weight is 384 g/mol. The quantitative estimate of drug-likeness (QED) is 0.816. The van der Waals surface area contributed by atoms with Crippen molar-refractivity contribution in [1.29, 1.82) is 0 Å². The van der Waals surface area contributed by atoms with Crippen molar-refractivity contribution in [1.82, 2.24) is 15.0 Å². The van der Waals surface area contributed by atoms with Crippen LogP contribution < -0.4 is 16.0 Å². The van der Waals surface area contributed by atoms with Crippen molar-refractivity contribution in [3.63, 3.8) is 0 Å². The Morgan fingerprint density at radius 2 is 2.14 bits per heavy atom. The summed E-state index contributed by atoms with van der Waals surface area (Å²) in [4.78, 5) is 38.9. The first-order valence-electron chi connectivity index (χ1n) is 9.29. The van der Waals surface area contributed by atoms with Gasteiger partial charge in [0.25, 0.3) is 5.91 Å². The molecule has 28 heavy (non-hydrogen) atoms. The van der Waals surface area contributed by atoms with E-state index in [0.717, 1.165) is 37.2 Å². The maximum absolute atomic E-state index is 12.6. The molecule has 2 aromatic rings. The number of anilines is 2. The van der Waals surface area contributed by atoms with E-state index in [0.29, 0.717) is 29.8 Å². The van der Waals surface area contributed by atoms with Gasteiger partial charge in [0, 0.05) is 32.9 Å². The summed E-state index contributed by atoms with van der Waals surface area (Å²) in [5, 5.41) is 3.03. The van der Waals surface area contributed by atoms with E-state index in [1.54, 1.807) is 23.4 Å². The molecular weight excluding hydrogens is 360 g/mol. The number of amides is 2. The number of aromatic nitrogens is 3. The van der Waals surface area contributed by atoms with Crippen LogP contribution in [0.3, 0.4) is 0 Å². The van der Waals surface area contributed by atoms with E-state index in [2.05, 4.69) is 15.3 Å². The highest BCUT2D eigenvalue weighted by atomic mass is 16.5. The smallest absolute Gasteiger partial charge is 0.267 e.